The van der Waals surface area contributed by atoms with Gasteiger partial charge >= 0.3 is 0 Å². The smallest absolute Gasteiger partial charge is 0.222 e. The summed E-state index contributed by atoms with van der Waals surface area (Å²) in [7, 11) is 1.67. The van der Waals surface area contributed by atoms with E-state index in [-0.39, 0.29) is 11.3 Å². The highest BCUT2D eigenvalue weighted by molar-refractivity contribution is 5.77. The number of nitrogens with zero attached hydrogens (tertiary/aromatic N) is 4. The molecule has 2 heterocycles. The summed E-state index contributed by atoms with van der Waals surface area (Å²) in [6.45, 7) is 7.01. The number of carbonyl (C=O) groups is 1. The molecule has 0 radical (unpaired) electrons. The van der Waals surface area contributed by atoms with Crippen LogP contribution in [0.3, 0.4) is 0 Å². The maximum atomic E-state index is 13.0. The fraction of sp³-hybridized carbons (Fsp3) is 0.609. The van der Waals surface area contributed by atoms with Gasteiger partial charge in [0.2, 0.25) is 5.91 Å². The number of aryl methyl sites for hydroxylation is 1. The molecule has 6 nitrogen and oxygen atoms in total. The second-order valence-electron chi connectivity index (χ2n) is 9.13. The Bertz CT molecular complexity index is 839. The zero-order chi connectivity index (χ0) is 20.4. The van der Waals surface area contributed by atoms with Crippen molar-refractivity contribution < 1.29 is 9.53 Å². The first-order valence-corrected chi connectivity index (χ1v) is 10.8. The van der Waals surface area contributed by atoms with Crippen LogP contribution < -0.4 is 4.74 Å². The Morgan fingerprint density at radius 2 is 2.03 bits per heavy atom. The van der Waals surface area contributed by atoms with Gasteiger partial charge < -0.3 is 14.2 Å². The van der Waals surface area contributed by atoms with Crippen LogP contribution >= 0.6 is 0 Å². The Balaban J connectivity index is 1.43. The van der Waals surface area contributed by atoms with Gasteiger partial charge in [0.15, 0.2) is 0 Å². The summed E-state index contributed by atoms with van der Waals surface area (Å²) in [5, 5.41) is 8.70. The van der Waals surface area contributed by atoms with Crippen molar-refractivity contribution in [3.63, 3.8) is 0 Å². The molecule has 2 aromatic rings. The minimum absolute atomic E-state index is 0.206. The summed E-state index contributed by atoms with van der Waals surface area (Å²) in [4.78, 5) is 15.1. The standard InChI is InChI=1S/C23H32N4O2/c1-17(2)13-27-16-24-25-22(27)20-14-26(15-23(20)11-4-12-23)21(28)10-7-18-5-8-19(29-3)9-6-18/h5-6,8-9,16-17,20H,4,7,10-15H2,1-3H3. The van der Waals surface area contributed by atoms with Crippen molar-refractivity contribution in [2.24, 2.45) is 11.3 Å². The quantitative estimate of drug-likeness (QED) is 0.716. The highest BCUT2D eigenvalue weighted by Crippen LogP contribution is 2.55. The average molecular weight is 397 g/mol. The molecule has 1 aromatic heterocycles. The lowest BCUT2D eigenvalue weighted by molar-refractivity contribution is -0.130. The molecule has 1 aromatic carbocycles. The maximum absolute atomic E-state index is 13.0. The van der Waals surface area contributed by atoms with Crippen molar-refractivity contribution in [2.75, 3.05) is 20.2 Å². The van der Waals surface area contributed by atoms with Gasteiger partial charge in [-0.15, -0.1) is 10.2 Å². The highest BCUT2D eigenvalue weighted by Gasteiger charge is 2.53. The SMILES string of the molecule is COc1ccc(CCC(=O)N2CC(c3nncn3CC(C)C)C3(CCC3)C2)cc1. The number of hydrogen-bond acceptors (Lipinski definition) is 4. The van der Waals surface area contributed by atoms with Crippen LogP contribution in [0, 0.1) is 11.3 Å². The second-order valence-corrected chi connectivity index (χ2v) is 9.13. The van der Waals surface area contributed by atoms with E-state index in [9.17, 15) is 4.79 Å². The predicted octanol–water partition coefficient (Wildman–Crippen LogP) is 3.67. The van der Waals surface area contributed by atoms with Crippen LogP contribution in [-0.2, 0) is 17.8 Å². The van der Waals surface area contributed by atoms with Gasteiger partial charge in [-0.3, -0.25) is 4.79 Å². The molecule has 6 heteroatoms. The van der Waals surface area contributed by atoms with Gasteiger partial charge in [0.1, 0.15) is 17.9 Å². The number of benzene rings is 1. The third kappa shape index (κ3) is 4.02. The number of hydrogen-bond donors (Lipinski definition) is 0. The highest BCUT2D eigenvalue weighted by atomic mass is 16.5. The van der Waals surface area contributed by atoms with E-state index in [2.05, 4.69) is 33.5 Å². The van der Waals surface area contributed by atoms with E-state index >= 15 is 0 Å². The van der Waals surface area contributed by atoms with Gasteiger partial charge in [0.25, 0.3) is 0 Å². The molecule has 1 atom stereocenters. The number of carbonyl (C=O) groups excluding carboxylic acids is 1. The number of rotatable bonds is 7. The van der Waals surface area contributed by atoms with Crippen LogP contribution in [0.25, 0.3) is 0 Å². The minimum atomic E-state index is 0.206. The van der Waals surface area contributed by atoms with Crippen molar-refractivity contribution in [1.82, 2.24) is 19.7 Å². The van der Waals surface area contributed by atoms with E-state index < -0.39 is 0 Å². The summed E-state index contributed by atoms with van der Waals surface area (Å²) < 4.78 is 7.42. The topological polar surface area (TPSA) is 60.2 Å². The Kier molecular flexibility index (Phi) is 5.61. The van der Waals surface area contributed by atoms with E-state index in [0.717, 1.165) is 37.6 Å². The Morgan fingerprint density at radius 3 is 2.66 bits per heavy atom. The number of methoxy groups -OCH3 is 1. The number of likely N-dealkylation sites (tertiary alicyclic amines) is 1. The van der Waals surface area contributed by atoms with Crippen molar-refractivity contribution in [3.05, 3.63) is 42.0 Å². The van der Waals surface area contributed by atoms with E-state index in [1.165, 1.54) is 24.8 Å². The van der Waals surface area contributed by atoms with Gasteiger partial charge in [-0.25, -0.2) is 0 Å². The normalized spacial score (nSPS) is 20.3. The summed E-state index contributed by atoms with van der Waals surface area (Å²) >= 11 is 0. The van der Waals surface area contributed by atoms with Crippen LogP contribution in [0.1, 0.15) is 56.8 Å². The summed E-state index contributed by atoms with van der Waals surface area (Å²) in [6, 6.07) is 7.99. The fourth-order valence-electron chi connectivity index (χ4n) is 4.92. The second kappa shape index (κ2) is 8.17. The molecule has 1 aliphatic heterocycles. The number of ether oxygens (including phenoxy) is 1. The lowest BCUT2D eigenvalue weighted by Gasteiger charge is -2.42. The largest absolute Gasteiger partial charge is 0.497 e. The molecule has 1 saturated heterocycles. The molecule has 2 fully saturated rings. The minimum Gasteiger partial charge on any atom is -0.497 e. The molecule has 1 aliphatic carbocycles. The lowest BCUT2D eigenvalue weighted by Crippen LogP contribution is -2.38. The van der Waals surface area contributed by atoms with E-state index in [1.54, 1.807) is 7.11 Å². The molecule has 1 amide bonds. The summed E-state index contributed by atoms with van der Waals surface area (Å²) in [5.74, 6) is 3.03. The van der Waals surface area contributed by atoms with E-state index in [1.807, 2.05) is 30.6 Å². The van der Waals surface area contributed by atoms with Crippen LogP contribution in [0.15, 0.2) is 30.6 Å². The van der Waals surface area contributed by atoms with Gasteiger partial charge in [-0.05, 0) is 48.3 Å². The zero-order valence-electron chi connectivity index (χ0n) is 17.8. The first-order valence-electron chi connectivity index (χ1n) is 10.8. The third-order valence-electron chi connectivity index (χ3n) is 6.66. The third-order valence-corrected chi connectivity index (χ3v) is 6.66. The van der Waals surface area contributed by atoms with Gasteiger partial charge in [0.05, 0.1) is 7.11 Å². The van der Waals surface area contributed by atoms with Crippen LogP contribution in [0.4, 0.5) is 0 Å². The van der Waals surface area contributed by atoms with Crippen molar-refractivity contribution in [3.8, 4) is 5.75 Å². The van der Waals surface area contributed by atoms with Gasteiger partial charge in [0, 0.05) is 32.0 Å². The monoisotopic (exact) mass is 396 g/mol. The fourth-order valence-corrected chi connectivity index (χ4v) is 4.92. The molecular weight excluding hydrogens is 364 g/mol. The van der Waals surface area contributed by atoms with Crippen molar-refractivity contribution in [1.29, 1.82) is 0 Å². The molecular formula is C23H32N4O2. The molecule has 2 aliphatic rings. The number of amides is 1. The lowest BCUT2D eigenvalue weighted by atomic mass is 9.62. The molecule has 4 rings (SSSR count). The van der Waals surface area contributed by atoms with Gasteiger partial charge in [-0.2, -0.15) is 0 Å². The molecule has 1 spiro atoms. The summed E-state index contributed by atoms with van der Waals surface area (Å²) in [6.07, 6.45) is 6.80. The first-order chi connectivity index (χ1) is 14.0. The molecule has 29 heavy (non-hydrogen) atoms. The van der Waals surface area contributed by atoms with Crippen molar-refractivity contribution in [2.45, 2.75) is 58.4 Å². The number of aromatic nitrogens is 3. The molecule has 1 unspecified atom stereocenters. The molecule has 0 bridgehead atoms. The average Bonchev–Trinajstić information content (AvgIpc) is 3.30. The van der Waals surface area contributed by atoms with Crippen molar-refractivity contribution >= 4 is 5.91 Å². The first kappa shape index (κ1) is 19.9. The summed E-state index contributed by atoms with van der Waals surface area (Å²) in [5.41, 5.74) is 1.38. The molecule has 156 valence electrons. The Hall–Kier alpha value is -2.37. The Labute approximate surface area is 173 Å². The molecule has 1 saturated carbocycles. The van der Waals surface area contributed by atoms with Crippen LogP contribution in [0.5, 0.6) is 5.75 Å². The predicted molar refractivity (Wildman–Crippen MR) is 112 cm³/mol. The molecule has 0 N–H and O–H groups in total. The van der Waals surface area contributed by atoms with Crippen LogP contribution in [-0.4, -0.2) is 45.8 Å². The van der Waals surface area contributed by atoms with Gasteiger partial charge in [-0.1, -0.05) is 32.4 Å². The van der Waals surface area contributed by atoms with Crippen LogP contribution in [0.2, 0.25) is 0 Å². The Morgan fingerprint density at radius 1 is 1.28 bits per heavy atom. The van der Waals surface area contributed by atoms with E-state index in [4.69, 9.17) is 4.74 Å². The zero-order valence-corrected chi connectivity index (χ0v) is 17.8. The van der Waals surface area contributed by atoms with E-state index in [0.29, 0.717) is 18.3 Å². The maximum Gasteiger partial charge on any atom is 0.222 e.